The van der Waals surface area contributed by atoms with Gasteiger partial charge >= 0.3 is 0 Å². The molecule has 0 saturated carbocycles. The maximum atomic E-state index is 11.2. The first kappa shape index (κ1) is 21.4. The summed E-state index contributed by atoms with van der Waals surface area (Å²) >= 11 is 5.06. The first-order valence-corrected chi connectivity index (χ1v) is 11.8. The van der Waals surface area contributed by atoms with Crippen molar-refractivity contribution in [3.05, 3.63) is 65.7 Å². The molecule has 0 aliphatic carbocycles. The van der Waals surface area contributed by atoms with Crippen LogP contribution in [0.4, 0.5) is 11.5 Å². The number of carbonyl (C=O) groups is 1. The number of anilines is 2. The Kier molecular flexibility index (Phi) is 5.93. The van der Waals surface area contributed by atoms with Gasteiger partial charge in [0.2, 0.25) is 5.91 Å². The highest BCUT2D eigenvalue weighted by Gasteiger charge is 2.12. The third kappa shape index (κ3) is 4.53. The Bertz CT molecular complexity index is 1460. The Labute approximate surface area is 201 Å². The number of amides is 1. The largest absolute Gasteiger partial charge is 0.455 e. The third-order valence-corrected chi connectivity index (χ3v) is 6.43. The average molecular weight is 523 g/mol. The van der Waals surface area contributed by atoms with Crippen molar-refractivity contribution in [3.63, 3.8) is 0 Å². The van der Waals surface area contributed by atoms with Gasteiger partial charge in [-0.25, -0.2) is 9.97 Å². The van der Waals surface area contributed by atoms with Gasteiger partial charge in [-0.1, -0.05) is 6.07 Å². The number of fused-ring (bicyclic) bond motifs is 2. The van der Waals surface area contributed by atoms with E-state index in [1.807, 2.05) is 59.4 Å². The Balaban J connectivity index is 1.39. The van der Waals surface area contributed by atoms with Crippen LogP contribution in [0.1, 0.15) is 6.92 Å². The summed E-state index contributed by atoms with van der Waals surface area (Å²) in [5.74, 6) is 2.09. The summed E-state index contributed by atoms with van der Waals surface area (Å²) in [6, 6.07) is 13.6. The number of benzene rings is 2. The first-order chi connectivity index (χ1) is 16.1. The molecule has 3 aromatic heterocycles. The van der Waals surface area contributed by atoms with Gasteiger partial charge in [0.05, 0.1) is 26.3 Å². The van der Waals surface area contributed by atoms with Crippen LogP contribution >= 0.6 is 27.5 Å². The molecule has 1 amide bonds. The van der Waals surface area contributed by atoms with Crippen molar-refractivity contribution in [1.82, 2.24) is 24.2 Å². The highest BCUT2D eigenvalue weighted by atomic mass is 79.9. The van der Waals surface area contributed by atoms with E-state index < -0.39 is 0 Å². The predicted molar refractivity (Wildman–Crippen MR) is 133 cm³/mol. The van der Waals surface area contributed by atoms with Gasteiger partial charge in [0.1, 0.15) is 23.3 Å². The van der Waals surface area contributed by atoms with Crippen molar-refractivity contribution >= 4 is 66.0 Å². The molecule has 0 aliphatic rings. The lowest BCUT2D eigenvalue weighted by atomic mass is 10.2. The fourth-order valence-electron chi connectivity index (χ4n) is 3.53. The zero-order valence-corrected chi connectivity index (χ0v) is 20.0. The van der Waals surface area contributed by atoms with Gasteiger partial charge in [-0.2, -0.15) is 4.37 Å². The number of aromatic nitrogens is 4. The molecule has 0 fully saturated rings. The summed E-state index contributed by atoms with van der Waals surface area (Å²) in [4.78, 5) is 20.0. The lowest BCUT2D eigenvalue weighted by molar-refractivity contribution is -0.118. The quantitative estimate of drug-likeness (QED) is 0.294. The fourth-order valence-corrected chi connectivity index (χ4v) is 4.66. The molecular formula is C23H19BrN6O2S. The van der Waals surface area contributed by atoms with E-state index in [2.05, 4.69) is 40.9 Å². The van der Waals surface area contributed by atoms with Crippen LogP contribution in [0.5, 0.6) is 11.5 Å². The van der Waals surface area contributed by atoms with Crippen molar-refractivity contribution in [3.8, 4) is 11.5 Å². The summed E-state index contributed by atoms with van der Waals surface area (Å²) in [6.45, 7) is 2.65. The normalized spacial score (nSPS) is 11.1. The van der Waals surface area contributed by atoms with Crippen molar-refractivity contribution in [1.29, 1.82) is 0 Å². The minimum Gasteiger partial charge on any atom is -0.455 e. The average Bonchev–Trinajstić information content (AvgIpc) is 3.44. The molecule has 3 heterocycles. The van der Waals surface area contributed by atoms with E-state index in [1.165, 1.54) is 24.8 Å². The third-order valence-electron chi connectivity index (χ3n) is 5.05. The van der Waals surface area contributed by atoms with Crippen LogP contribution in [-0.2, 0) is 11.3 Å². The van der Waals surface area contributed by atoms with Crippen LogP contribution in [0.15, 0.2) is 65.7 Å². The topological polar surface area (TPSA) is 94.0 Å². The van der Waals surface area contributed by atoms with Crippen molar-refractivity contribution in [2.45, 2.75) is 13.5 Å². The molecule has 0 saturated heterocycles. The molecule has 2 aromatic carbocycles. The minimum absolute atomic E-state index is 0.0558. The van der Waals surface area contributed by atoms with Crippen LogP contribution in [0.25, 0.3) is 21.1 Å². The maximum Gasteiger partial charge on any atom is 0.216 e. The second-order valence-electron chi connectivity index (χ2n) is 7.31. The Morgan fingerprint density at radius 3 is 2.94 bits per heavy atom. The van der Waals surface area contributed by atoms with Crippen LogP contribution in [0.3, 0.4) is 0 Å². The van der Waals surface area contributed by atoms with Crippen LogP contribution in [-0.4, -0.2) is 31.4 Å². The smallest absolute Gasteiger partial charge is 0.216 e. The van der Waals surface area contributed by atoms with Crippen LogP contribution in [0, 0.1) is 0 Å². The molecule has 0 bridgehead atoms. The molecule has 0 spiro atoms. The molecule has 0 aliphatic heterocycles. The number of carbonyl (C=O) groups excluding carboxylic acids is 1. The Morgan fingerprint density at radius 2 is 2.09 bits per heavy atom. The summed E-state index contributed by atoms with van der Waals surface area (Å²) in [6.07, 6.45) is 5.30. The molecule has 5 rings (SSSR count). The summed E-state index contributed by atoms with van der Waals surface area (Å²) in [5.41, 5.74) is 2.54. The van der Waals surface area contributed by atoms with Crippen molar-refractivity contribution in [2.24, 2.45) is 0 Å². The molecule has 5 aromatic rings. The zero-order chi connectivity index (χ0) is 22.8. The van der Waals surface area contributed by atoms with Gasteiger partial charge in [0.15, 0.2) is 5.82 Å². The lowest BCUT2D eigenvalue weighted by Crippen LogP contribution is -2.24. The van der Waals surface area contributed by atoms with E-state index >= 15 is 0 Å². The first-order valence-electron chi connectivity index (χ1n) is 10.2. The standard InChI is InChI=1S/C23H19BrN6O2S/c1-14(31)25-8-10-30-9-7-18-22(30)23(27-13-26-18)29-15-5-6-20(17(24)11-15)32-19-3-2-4-21-16(19)12-28-33-21/h2-7,9,11-13H,8,10H2,1H3,(H,25,31)(H,26,27,29). The van der Waals surface area contributed by atoms with E-state index in [1.54, 1.807) is 0 Å². The van der Waals surface area contributed by atoms with E-state index in [9.17, 15) is 4.79 Å². The molecule has 166 valence electrons. The second kappa shape index (κ2) is 9.16. The molecule has 33 heavy (non-hydrogen) atoms. The number of ether oxygens (including phenoxy) is 1. The number of nitrogens with one attached hydrogen (secondary N) is 2. The molecule has 8 nitrogen and oxygen atoms in total. The predicted octanol–water partition coefficient (Wildman–Crippen LogP) is 5.48. The van der Waals surface area contributed by atoms with Gasteiger partial charge in [-0.15, -0.1) is 0 Å². The number of rotatable bonds is 7. The Morgan fingerprint density at radius 1 is 1.18 bits per heavy atom. The monoisotopic (exact) mass is 522 g/mol. The SMILES string of the molecule is CC(=O)NCCn1ccc2ncnc(Nc3ccc(Oc4cccc5sncc45)c(Br)c3)c21. The van der Waals surface area contributed by atoms with Crippen molar-refractivity contribution in [2.75, 3.05) is 11.9 Å². The highest BCUT2D eigenvalue weighted by molar-refractivity contribution is 9.10. The van der Waals surface area contributed by atoms with Gasteiger partial charge in [0.25, 0.3) is 0 Å². The van der Waals surface area contributed by atoms with Crippen LogP contribution < -0.4 is 15.4 Å². The molecule has 0 radical (unpaired) electrons. The fraction of sp³-hybridized carbons (Fsp3) is 0.130. The van der Waals surface area contributed by atoms with E-state index in [-0.39, 0.29) is 5.91 Å². The lowest BCUT2D eigenvalue weighted by Gasteiger charge is -2.13. The number of hydrogen-bond donors (Lipinski definition) is 2. The highest BCUT2D eigenvalue weighted by Crippen LogP contribution is 2.36. The van der Waals surface area contributed by atoms with Gasteiger partial charge < -0.3 is 19.9 Å². The van der Waals surface area contributed by atoms with Gasteiger partial charge in [-0.3, -0.25) is 4.79 Å². The van der Waals surface area contributed by atoms with E-state index in [0.29, 0.717) is 24.7 Å². The zero-order valence-electron chi connectivity index (χ0n) is 17.6. The molecule has 2 N–H and O–H groups in total. The summed E-state index contributed by atoms with van der Waals surface area (Å²) < 4.78 is 14.3. The van der Waals surface area contributed by atoms with Crippen molar-refractivity contribution < 1.29 is 9.53 Å². The second-order valence-corrected chi connectivity index (χ2v) is 9.00. The van der Waals surface area contributed by atoms with Gasteiger partial charge in [0, 0.05) is 31.9 Å². The molecule has 0 unspecified atom stereocenters. The van der Waals surface area contributed by atoms with Gasteiger partial charge in [-0.05, 0) is 63.9 Å². The molecular weight excluding hydrogens is 504 g/mol. The van der Waals surface area contributed by atoms with E-state index in [4.69, 9.17) is 4.74 Å². The minimum atomic E-state index is -0.0558. The number of nitrogens with zero attached hydrogens (tertiary/aromatic N) is 4. The Hall–Kier alpha value is -3.50. The summed E-state index contributed by atoms with van der Waals surface area (Å²) in [7, 11) is 0. The number of halogens is 1. The van der Waals surface area contributed by atoms with Crippen LogP contribution in [0.2, 0.25) is 0 Å². The molecule has 10 heteroatoms. The maximum absolute atomic E-state index is 11.2. The van der Waals surface area contributed by atoms with E-state index in [0.717, 1.165) is 37.0 Å². The number of hydrogen-bond acceptors (Lipinski definition) is 7. The molecule has 0 atom stereocenters. The summed E-state index contributed by atoms with van der Waals surface area (Å²) in [5, 5.41) is 7.18.